The normalized spacial score (nSPS) is 17.4. The lowest BCUT2D eigenvalue weighted by Gasteiger charge is -2.28. The van der Waals surface area contributed by atoms with Gasteiger partial charge in [-0.3, -0.25) is 9.59 Å². The van der Waals surface area contributed by atoms with E-state index in [1.165, 1.54) is 19.1 Å². The lowest BCUT2D eigenvalue weighted by atomic mass is 9.95. The number of carbonyl (C=O) groups excluding carboxylic acids is 2. The molecule has 8 nitrogen and oxygen atoms in total. The third kappa shape index (κ3) is 4.87. The van der Waals surface area contributed by atoms with E-state index in [9.17, 15) is 14.7 Å². The minimum Gasteiger partial charge on any atom is -0.507 e. The minimum atomic E-state index is -0.727. The molecule has 1 atom stereocenters. The molecule has 2 aromatic rings. The van der Waals surface area contributed by atoms with Gasteiger partial charge in [-0.1, -0.05) is 26.0 Å². The number of aliphatic hydroxyl groups excluding tert-OH is 1. The summed E-state index contributed by atoms with van der Waals surface area (Å²) in [5.41, 5.74) is 1.11. The predicted molar refractivity (Wildman–Crippen MR) is 129 cm³/mol. The van der Waals surface area contributed by atoms with Crippen LogP contribution in [0.5, 0.6) is 17.2 Å². The van der Waals surface area contributed by atoms with Crippen molar-refractivity contribution in [2.45, 2.75) is 19.9 Å². The first kappa shape index (κ1) is 25.1. The number of nitrogens with zero attached hydrogens (tertiary/aromatic N) is 2. The maximum Gasteiger partial charge on any atom is 0.295 e. The molecule has 0 radical (unpaired) electrons. The van der Waals surface area contributed by atoms with Crippen molar-refractivity contribution in [1.29, 1.82) is 0 Å². The summed E-state index contributed by atoms with van der Waals surface area (Å²) in [5.74, 6) is -0.0504. The summed E-state index contributed by atoms with van der Waals surface area (Å²) in [7, 11) is 4.58. The first-order chi connectivity index (χ1) is 16.4. The number of amides is 1. The van der Waals surface area contributed by atoms with E-state index in [0.717, 1.165) is 13.1 Å². The number of likely N-dealkylation sites (tertiary alicyclic amines) is 1. The Morgan fingerprint density at radius 3 is 2.15 bits per heavy atom. The highest BCUT2D eigenvalue weighted by molar-refractivity contribution is 6.46. The van der Waals surface area contributed by atoms with E-state index in [1.54, 1.807) is 37.4 Å². The molecule has 0 unspecified atom stereocenters. The Labute approximate surface area is 200 Å². The highest BCUT2D eigenvalue weighted by Gasteiger charge is 2.46. The van der Waals surface area contributed by atoms with Crippen LogP contribution < -0.4 is 14.2 Å². The summed E-state index contributed by atoms with van der Waals surface area (Å²) in [5, 5.41) is 11.3. The van der Waals surface area contributed by atoms with E-state index < -0.39 is 17.7 Å². The summed E-state index contributed by atoms with van der Waals surface area (Å²) >= 11 is 0. The second-order valence-corrected chi connectivity index (χ2v) is 7.86. The maximum absolute atomic E-state index is 13.2. The molecule has 2 aromatic carbocycles. The zero-order valence-corrected chi connectivity index (χ0v) is 20.3. The van der Waals surface area contributed by atoms with Crippen molar-refractivity contribution in [2.24, 2.45) is 0 Å². The molecular weight excluding hydrogens is 436 g/mol. The molecule has 1 amide bonds. The van der Waals surface area contributed by atoms with E-state index >= 15 is 0 Å². The average Bonchev–Trinajstić information content (AvgIpc) is 3.13. The Morgan fingerprint density at radius 2 is 1.59 bits per heavy atom. The molecule has 0 aliphatic carbocycles. The van der Waals surface area contributed by atoms with Crippen LogP contribution in [0.4, 0.5) is 0 Å². The van der Waals surface area contributed by atoms with Crippen molar-refractivity contribution in [3.8, 4) is 17.2 Å². The number of methoxy groups -OCH3 is 3. The largest absolute Gasteiger partial charge is 0.507 e. The number of ketones is 1. The second-order valence-electron chi connectivity index (χ2n) is 7.86. The van der Waals surface area contributed by atoms with Crippen molar-refractivity contribution in [3.63, 3.8) is 0 Å². The van der Waals surface area contributed by atoms with Gasteiger partial charge < -0.3 is 29.1 Å². The summed E-state index contributed by atoms with van der Waals surface area (Å²) in [6.45, 7) is 6.73. The molecule has 0 saturated carbocycles. The standard InChI is InChI=1S/C26H32N2O6/c1-6-27(7-2)14-15-28-23(17-8-11-19(32-3)12-9-17)22(25(30)26(28)31)24(29)18-10-13-20(33-4)21(16-18)34-5/h8-13,16,23,29H,6-7,14-15H2,1-5H3/t23-/m1/s1. The molecule has 34 heavy (non-hydrogen) atoms. The fraction of sp³-hybridized carbons (Fsp3) is 0.385. The van der Waals surface area contributed by atoms with Crippen molar-refractivity contribution < 1.29 is 28.9 Å². The molecule has 182 valence electrons. The molecule has 0 spiro atoms. The molecule has 0 bridgehead atoms. The number of hydrogen-bond acceptors (Lipinski definition) is 7. The fourth-order valence-corrected chi connectivity index (χ4v) is 4.17. The maximum atomic E-state index is 13.2. The Balaban J connectivity index is 2.12. The number of carbonyl (C=O) groups is 2. The van der Waals surface area contributed by atoms with E-state index in [4.69, 9.17) is 14.2 Å². The van der Waals surface area contributed by atoms with Gasteiger partial charge in [0.1, 0.15) is 11.5 Å². The molecule has 1 heterocycles. The lowest BCUT2D eigenvalue weighted by Crippen LogP contribution is -2.38. The van der Waals surface area contributed by atoms with Gasteiger partial charge in [-0.05, 0) is 49.0 Å². The minimum absolute atomic E-state index is 0.0435. The number of hydrogen-bond donors (Lipinski definition) is 1. The van der Waals surface area contributed by atoms with E-state index in [0.29, 0.717) is 41.5 Å². The first-order valence-electron chi connectivity index (χ1n) is 11.3. The van der Waals surface area contributed by atoms with E-state index in [1.807, 2.05) is 12.1 Å². The molecular formula is C26H32N2O6. The summed E-state index contributed by atoms with van der Waals surface area (Å²) in [6.07, 6.45) is 0. The van der Waals surface area contributed by atoms with Gasteiger partial charge in [-0.2, -0.15) is 0 Å². The van der Waals surface area contributed by atoms with Crippen molar-refractivity contribution in [2.75, 3.05) is 47.5 Å². The number of likely N-dealkylation sites (N-methyl/N-ethyl adjacent to an activating group) is 1. The van der Waals surface area contributed by atoms with Crippen LogP contribution in [0.15, 0.2) is 48.0 Å². The SMILES string of the molecule is CCN(CC)CCN1C(=O)C(=O)C(=C(O)c2ccc(OC)c(OC)c2)[C@H]1c1ccc(OC)cc1. The van der Waals surface area contributed by atoms with Crippen molar-refractivity contribution >= 4 is 17.4 Å². The van der Waals surface area contributed by atoms with Gasteiger partial charge in [0, 0.05) is 18.7 Å². The molecule has 1 N–H and O–H groups in total. The van der Waals surface area contributed by atoms with Gasteiger partial charge in [0.05, 0.1) is 32.9 Å². The van der Waals surface area contributed by atoms with Crippen LogP contribution in [0.2, 0.25) is 0 Å². The predicted octanol–water partition coefficient (Wildman–Crippen LogP) is 3.48. The Hall–Kier alpha value is -3.52. The number of rotatable bonds is 10. The molecule has 1 fully saturated rings. The third-order valence-corrected chi connectivity index (χ3v) is 6.18. The van der Waals surface area contributed by atoms with Gasteiger partial charge in [0.15, 0.2) is 11.5 Å². The number of benzene rings is 2. The lowest BCUT2D eigenvalue weighted by molar-refractivity contribution is -0.140. The molecule has 1 aliphatic rings. The van der Waals surface area contributed by atoms with Crippen molar-refractivity contribution in [3.05, 3.63) is 59.2 Å². The number of Topliss-reactive ketones (excluding diaryl/α,β-unsaturated/α-hetero) is 1. The highest BCUT2D eigenvalue weighted by Crippen LogP contribution is 2.40. The molecule has 1 aliphatic heterocycles. The van der Waals surface area contributed by atoms with Crippen LogP contribution in [0.25, 0.3) is 5.76 Å². The van der Waals surface area contributed by atoms with Gasteiger partial charge >= 0.3 is 0 Å². The van der Waals surface area contributed by atoms with Crippen LogP contribution in [0.3, 0.4) is 0 Å². The molecule has 1 saturated heterocycles. The number of aliphatic hydroxyl groups is 1. The first-order valence-corrected chi connectivity index (χ1v) is 11.3. The van der Waals surface area contributed by atoms with Gasteiger partial charge in [0.25, 0.3) is 11.7 Å². The monoisotopic (exact) mass is 468 g/mol. The van der Waals surface area contributed by atoms with Crippen molar-refractivity contribution in [1.82, 2.24) is 9.80 Å². The Bertz CT molecular complexity index is 1060. The van der Waals surface area contributed by atoms with Gasteiger partial charge in [-0.15, -0.1) is 0 Å². The summed E-state index contributed by atoms with van der Waals surface area (Å²) in [6, 6.07) is 11.3. The zero-order valence-electron chi connectivity index (χ0n) is 20.3. The van der Waals surface area contributed by atoms with Crippen LogP contribution >= 0.6 is 0 Å². The molecule has 8 heteroatoms. The second kappa shape index (κ2) is 11.1. The third-order valence-electron chi connectivity index (χ3n) is 6.18. The van der Waals surface area contributed by atoms with Crippen LogP contribution in [0, 0.1) is 0 Å². The van der Waals surface area contributed by atoms with E-state index in [2.05, 4.69) is 18.7 Å². The van der Waals surface area contributed by atoms with Gasteiger partial charge in [-0.25, -0.2) is 0 Å². The van der Waals surface area contributed by atoms with E-state index in [-0.39, 0.29) is 11.3 Å². The Kier molecular flexibility index (Phi) is 8.17. The smallest absolute Gasteiger partial charge is 0.295 e. The topological polar surface area (TPSA) is 88.5 Å². The molecule has 0 aromatic heterocycles. The average molecular weight is 469 g/mol. The molecule has 3 rings (SSSR count). The van der Waals surface area contributed by atoms with Crippen LogP contribution in [-0.2, 0) is 9.59 Å². The summed E-state index contributed by atoms with van der Waals surface area (Å²) < 4.78 is 15.9. The van der Waals surface area contributed by atoms with Gasteiger partial charge in [0.2, 0.25) is 0 Å². The highest BCUT2D eigenvalue weighted by atomic mass is 16.5. The van der Waals surface area contributed by atoms with Crippen LogP contribution in [-0.4, -0.2) is 74.1 Å². The fourth-order valence-electron chi connectivity index (χ4n) is 4.17. The zero-order chi connectivity index (χ0) is 24.8. The van der Waals surface area contributed by atoms with Crippen LogP contribution in [0.1, 0.15) is 31.0 Å². The summed E-state index contributed by atoms with van der Waals surface area (Å²) in [4.78, 5) is 30.0. The quantitative estimate of drug-likeness (QED) is 0.324. The Morgan fingerprint density at radius 1 is 0.941 bits per heavy atom. The number of ether oxygens (including phenoxy) is 3.